The fraction of sp³-hybridized carbons (Fsp3) is 0.273. The van der Waals surface area contributed by atoms with Crippen LogP contribution in [0.1, 0.15) is 12.5 Å². The molecule has 2 unspecified atom stereocenters. The number of hydrogen-bond donors (Lipinski definition) is 1. The van der Waals surface area contributed by atoms with Gasteiger partial charge in [0.25, 0.3) is 0 Å². The molecule has 1 aliphatic heterocycles. The normalized spacial score (nSPS) is 32.9. The molecular formula is C11H13N. The van der Waals surface area contributed by atoms with E-state index >= 15 is 0 Å². The van der Waals surface area contributed by atoms with Crippen LogP contribution in [0.15, 0.2) is 43.0 Å². The van der Waals surface area contributed by atoms with Crippen molar-refractivity contribution in [3.8, 4) is 0 Å². The number of benzene rings is 1. The third-order valence-electron chi connectivity index (χ3n) is 2.63. The predicted octanol–water partition coefficient (Wildman–Crippen LogP) is 2.06. The van der Waals surface area contributed by atoms with E-state index < -0.39 is 0 Å². The van der Waals surface area contributed by atoms with E-state index in [2.05, 4.69) is 43.1 Å². The lowest BCUT2D eigenvalue weighted by atomic mass is 9.96. The average Bonchev–Trinajstić information content (AvgIpc) is 2.80. The maximum absolute atomic E-state index is 3.86. The van der Waals surface area contributed by atoms with Gasteiger partial charge in [-0.1, -0.05) is 36.4 Å². The molecule has 0 saturated carbocycles. The molecule has 0 aromatic heterocycles. The molecule has 1 nitrogen and oxygen atoms in total. The highest BCUT2D eigenvalue weighted by atomic mass is 15.2. The van der Waals surface area contributed by atoms with Crippen molar-refractivity contribution in [1.82, 2.24) is 5.32 Å². The zero-order chi connectivity index (χ0) is 8.60. The van der Waals surface area contributed by atoms with Crippen LogP contribution in [0.2, 0.25) is 0 Å². The van der Waals surface area contributed by atoms with Crippen LogP contribution < -0.4 is 5.32 Å². The van der Waals surface area contributed by atoms with Crippen molar-refractivity contribution in [1.29, 1.82) is 0 Å². The maximum Gasteiger partial charge on any atom is 0.0774 e. The Hall–Kier alpha value is -1.08. The molecule has 1 fully saturated rings. The zero-order valence-corrected chi connectivity index (χ0v) is 7.25. The van der Waals surface area contributed by atoms with Crippen LogP contribution in [-0.2, 0) is 5.54 Å². The summed E-state index contributed by atoms with van der Waals surface area (Å²) >= 11 is 0. The average molecular weight is 159 g/mol. The molecule has 1 aromatic carbocycles. The van der Waals surface area contributed by atoms with Gasteiger partial charge in [0, 0.05) is 6.04 Å². The molecule has 62 valence electrons. The second kappa shape index (κ2) is 2.46. The summed E-state index contributed by atoms with van der Waals surface area (Å²) in [6, 6.07) is 11.0. The van der Waals surface area contributed by atoms with Crippen molar-refractivity contribution in [2.75, 3.05) is 0 Å². The topological polar surface area (TPSA) is 21.9 Å². The molecule has 1 aliphatic rings. The highest BCUT2D eigenvalue weighted by Gasteiger charge is 2.48. The van der Waals surface area contributed by atoms with Gasteiger partial charge in [-0.15, -0.1) is 6.58 Å². The Balaban J connectivity index is 2.37. The van der Waals surface area contributed by atoms with Crippen LogP contribution in [0, 0.1) is 0 Å². The number of rotatable bonds is 2. The van der Waals surface area contributed by atoms with Crippen molar-refractivity contribution in [2.24, 2.45) is 0 Å². The van der Waals surface area contributed by atoms with Crippen LogP contribution in [0.25, 0.3) is 0 Å². The van der Waals surface area contributed by atoms with Gasteiger partial charge in [0.2, 0.25) is 0 Å². The van der Waals surface area contributed by atoms with Gasteiger partial charge in [0.05, 0.1) is 5.54 Å². The Labute approximate surface area is 73.1 Å². The number of nitrogens with one attached hydrogen (secondary N) is 1. The van der Waals surface area contributed by atoms with Crippen molar-refractivity contribution in [3.05, 3.63) is 48.6 Å². The lowest BCUT2D eigenvalue weighted by Gasteiger charge is -2.08. The molecule has 1 aromatic rings. The molecule has 0 bridgehead atoms. The molecule has 2 rings (SSSR count). The highest BCUT2D eigenvalue weighted by molar-refractivity contribution is 5.38. The molecule has 12 heavy (non-hydrogen) atoms. The summed E-state index contributed by atoms with van der Waals surface area (Å²) in [6.07, 6.45) is 1.99. The monoisotopic (exact) mass is 159 g/mol. The Morgan fingerprint density at radius 3 is 2.42 bits per heavy atom. The molecule has 1 N–H and O–H groups in total. The summed E-state index contributed by atoms with van der Waals surface area (Å²) in [6.45, 7) is 6.03. The summed E-state index contributed by atoms with van der Waals surface area (Å²) in [4.78, 5) is 0. The molecule has 0 spiro atoms. The first-order chi connectivity index (χ1) is 5.79. The van der Waals surface area contributed by atoms with Crippen molar-refractivity contribution >= 4 is 0 Å². The third-order valence-corrected chi connectivity index (χ3v) is 2.63. The van der Waals surface area contributed by atoms with Crippen molar-refractivity contribution < 1.29 is 0 Å². The Bertz CT molecular complexity index is 291. The van der Waals surface area contributed by atoms with Gasteiger partial charge in [0.1, 0.15) is 0 Å². The molecule has 1 heterocycles. The first kappa shape index (κ1) is 7.56. The van der Waals surface area contributed by atoms with Gasteiger partial charge in [-0.25, -0.2) is 0 Å². The first-order valence-electron chi connectivity index (χ1n) is 4.26. The van der Waals surface area contributed by atoms with E-state index in [1.54, 1.807) is 0 Å². The fourth-order valence-corrected chi connectivity index (χ4v) is 1.72. The summed E-state index contributed by atoms with van der Waals surface area (Å²) in [5, 5.41) is 3.39. The minimum Gasteiger partial charge on any atom is -0.298 e. The van der Waals surface area contributed by atoms with Crippen LogP contribution in [0.5, 0.6) is 0 Å². The van der Waals surface area contributed by atoms with Crippen LogP contribution in [0.4, 0.5) is 0 Å². The predicted molar refractivity (Wildman–Crippen MR) is 50.9 cm³/mol. The summed E-state index contributed by atoms with van der Waals surface area (Å²) in [5.74, 6) is 0. The van der Waals surface area contributed by atoms with Gasteiger partial charge >= 0.3 is 0 Å². The smallest absolute Gasteiger partial charge is 0.0774 e. The molecule has 0 amide bonds. The second-order valence-corrected chi connectivity index (χ2v) is 3.31. The van der Waals surface area contributed by atoms with Gasteiger partial charge in [0.15, 0.2) is 0 Å². The summed E-state index contributed by atoms with van der Waals surface area (Å²) in [5.41, 5.74) is 1.37. The molecule has 1 saturated heterocycles. The summed E-state index contributed by atoms with van der Waals surface area (Å²) < 4.78 is 0. The van der Waals surface area contributed by atoms with Crippen LogP contribution in [-0.4, -0.2) is 6.04 Å². The molecular weight excluding hydrogens is 146 g/mol. The highest BCUT2D eigenvalue weighted by Crippen LogP contribution is 2.38. The lowest BCUT2D eigenvalue weighted by Crippen LogP contribution is -2.09. The molecule has 2 atom stereocenters. The largest absolute Gasteiger partial charge is 0.298 e. The minimum atomic E-state index is 0.0568. The molecule has 0 aliphatic carbocycles. The summed E-state index contributed by atoms with van der Waals surface area (Å²) in [7, 11) is 0. The van der Waals surface area contributed by atoms with Gasteiger partial charge in [-0.3, -0.25) is 5.32 Å². The van der Waals surface area contributed by atoms with Crippen molar-refractivity contribution in [3.63, 3.8) is 0 Å². The van der Waals surface area contributed by atoms with Crippen molar-refractivity contribution in [2.45, 2.75) is 18.5 Å². The van der Waals surface area contributed by atoms with E-state index in [-0.39, 0.29) is 5.54 Å². The van der Waals surface area contributed by atoms with Gasteiger partial charge in [-0.2, -0.15) is 0 Å². The Morgan fingerprint density at radius 2 is 2.00 bits per heavy atom. The van der Waals surface area contributed by atoms with E-state index in [1.165, 1.54) is 5.56 Å². The van der Waals surface area contributed by atoms with E-state index in [4.69, 9.17) is 0 Å². The number of hydrogen-bond acceptors (Lipinski definition) is 1. The standard InChI is InChI=1S/C11H13N/c1-3-11(9(2)12-11)10-7-5-4-6-8-10/h3-9,12H,1H2,2H3. The van der Waals surface area contributed by atoms with Crippen LogP contribution >= 0.6 is 0 Å². The maximum atomic E-state index is 3.86. The SMILES string of the molecule is C=CC1(c2ccccc2)NC1C. The minimum absolute atomic E-state index is 0.0568. The molecule has 1 heteroatoms. The van der Waals surface area contributed by atoms with Gasteiger partial charge in [-0.05, 0) is 12.5 Å². The van der Waals surface area contributed by atoms with Crippen LogP contribution in [0.3, 0.4) is 0 Å². The van der Waals surface area contributed by atoms with E-state index in [0.717, 1.165) is 0 Å². The Morgan fingerprint density at radius 1 is 1.42 bits per heavy atom. The quantitative estimate of drug-likeness (QED) is 0.517. The van der Waals surface area contributed by atoms with Gasteiger partial charge < -0.3 is 0 Å². The van der Waals surface area contributed by atoms with E-state index in [0.29, 0.717) is 6.04 Å². The first-order valence-corrected chi connectivity index (χ1v) is 4.26. The Kier molecular flexibility index (Phi) is 1.55. The second-order valence-electron chi connectivity index (χ2n) is 3.31. The zero-order valence-electron chi connectivity index (χ0n) is 7.25. The molecule has 0 radical (unpaired) electrons. The van der Waals surface area contributed by atoms with E-state index in [9.17, 15) is 0 Å². The third kappa shape index (κ3) is 0.901. The fourth-order valence-electron chi connectivity index (χ4n) is 1.72. The van der Waals surface area contributed by atoms with E-state index in [1.807, 2.05) is 12.1 Å². The lowest BCUT2D eigenvalue weighted by molar-refractivity contribution is 0.831.